The van der Waals surface area contributed by atoms with Crippen molar-refractivity contribution in [2.75, 3.05) is 12.8 Å². The highest BCUT2D eigenvalue weighted by atomic mass is 127. The van der Waals surface area contributed by atoms with Crippen molar-refractivity contribution in [1.29, 1.82) is 0 Å². The quantitative estimate of drug-likeness (QED) is 0.139. The lowest BCUT2D eigenvalue weighted by molar-refractivity contribution is -0.119. The van der Waals surface area contributed by atoms with Crippen LogP contribution in [0.2, 0.25) is 0 Å². The lowest BCUT2D eigenvalue weighted by Crippen LogP contribution is -2.44. The number of hydrogen-bond acceptors (Lipinski definition) is 6. The summed E-state index contributed by atoms with van der Waals surface area (Å²) in [5, 5.41) is 0. The van der Waals surface area contributed by atoms with E-state index in [1.54, 1.807) is 6.07 Å². The van der Waals surface area contributed by atoms with Gasteiger partial charge in [-0.2, -0.15) is 0 Å². The molecule has 210 valence electrons. The monoisotopic (exact) mass is 772 g/mol. The van der Waals surface area contributed by atoms with Gasteiger partial charge in [0.15, 0.2) is 11.9 Å². The van der Waals surface area contributed by atoms with Crippen LogP contribution in [0.3, 0.4) is 0 Å². The smallest absolute Gasteiger partial charge is 0.266 e. The maximum Gasteiger partial charge on any atom is 0.266 e. The van der Waals surface area contributed by atoms with Gasteiger partial charge in [0.1, 0.15) is 6.79 Å². The Hall–Kier alpha value is -3.42. The molecule has 0 aromatic heterocycles. The molecule has 0 aliphatic carbocycles. The molecule has 0 fully saturated rings. The van der Waals surface area contributed by atoms with Crippen molar-refractivity contribution in [1.82, 2.24) is 0 Å². The Bertz CT molecular complexity index is 1530. The fourth-order valence-electron chi connectivity index (χ4n) is 4.29. The first-order valence-electron chi connectivity index (χ1n) is 12.6. The van der Waals surface area contributed by atoms with Crippen molar-refractivity contribution in [3.63, 3.8) is 0 Å². The molecule has 1 aliphatic heterocycles. The topological polar surface area (TPSA) is 96.1 Å². The standard InChI is InChI=1S/C24H21N3O2.C7H7I2N.CH2O/c1-16-9-5-6-12-18(16)21(28)15-27-20-14-8-7-13-19(20)22(26-23(25)24(27)29)17-10-3-2-4-11-17;1-6-3-2-4-7(5-6)10(8)9;1-2/h2-14,23H,15,25H2,1H3;2-5H,1H3;1H2. The van der Waals surface area contributed by atoms with Crippen LogP contribution in [0.1, 0.15) is 32.6 Å². The molecule has 4 aromatic carbocycles. The predicted octanol–water partition coefficient (Wildman–Crippen LogP) is 6.66. The van der Waals surface area contributed by atoms with Gasteiger partial charge in [-0.3, -0.25) is 15.9 Å². The molecule has 4 aromatic rings. The average molecular weight is 772 g/mol. The Balaban J connectivity index is 0.000000324. The number of benzodiazepines with no additional fused rings is 1. The van der Waals surface area contributed by atoms with Gasteiger partial charge in [-0.1, -0.05) is 84.9 Å². The van der Waals surface area contributed by atoms with Crippen LogP contribution < -0.4 is 12.0 Å². The Morgan fingerprint density at radius 3 is 2.17 bits per heavy atom. The van der Waals surface area contributed by atoms with Crippen LogP contribution in [0.25, 0.3) is 0 Å². The third-order valence-corrected chi connectivity index (χ3v) is 7.34. The van der Waals surface area contributed by atoms with Gasteiger partial charge in [0, 0.05) is 16.7 Å². The minimum atomic E-state index is -1.08. The minimum absolute atomic E-state index is 0.0913. The van der Waals surface area contributed by atoms with E-state index in [-0.39, 0.29) is 12.3 Å². The first-order valence-corrected chi connectivity index (χ1v) is 14.5. The summed E-state index contributed by atoms with van der Waals surface area (Å²) in [6.45, 7) is 5.89. The van der Waals surface area contributed by atoms with Gasteiger partial charge < -0.3 is 15.4 Å². The van der Waals surface area contributed by atoms with E-state index in [0.717, 1.165) is 16.7 Å². The number of carbonyl (C=O) groups is 3. The number of amides is 1. The number of benzene rings is 4. The summed E-state index contributed by atoms with van der Waals surface area (Å²) in [5.41, 5.74) is 13.1. The van der Waals surface area contributed by atoms with Crippen molar-refractivity contribution < 1.29 is 14.4 Å². The zero-order valence-corrected chi connectivity index (χ0v) is 27.0. The van der Waals surface area contributed by atoms with Crippen LogP contribution in [0, 0.1) is 13.8 Å². The SMILES string of the molecule is C=O.Cc1cccc(N(I)I)c1.Cc1ccccc1C(=O)CN1C(=O)C(N)N=C(c2ccccc2)c2ccccc21. The van der Waals surface area contributed by atoms with Crippen LogP contribution in [0.5, 0.6) is 0 Å². The van der Waals surface area contributed by atoms with Gasteiger partial charge in [-0.15, -0.1) is 0 Å². The third-order valence-electron chi connectivity index (χ3n) is 6.23. The van der Waals surface area contributed by atoms with Gasteiger partial charge in [-0.25, -0.2) is 0 Å². The van der Waals surface area contributed by atoms with Crippen LogP contribution >= 0.6 is 45.7 Å². The Labute approximate surface area is 268 Å². The molecule has 0 saturated carbocycles. The largest absolute Gasteiger partial charge is 0.307 e. The predicted molar refractivity (Wildman–Crippen MR) is 183 cm³/mol. The number of para-hydroxylation sites is 1. The first-order chi connectivity index (χ1) is 19.8. The Morgan fingerprint density at radius 2 is 1.54 bits per heavy atom. The van der Waals surface area contributed by atoms with Crippen molar-refractivity contribution in [2.24, 2.45) is 10.7 Å². The minimum Gasteiger partial charge on any atom is -0.307 e. The van der Waals surface area contributed by atoms with Gasteiger partial charge >= 0.3 is 0 Å². The van der Waals surface area contributed by atoms with Crippen LogP contribution in [-0.4, -0.2) is 36.9 Å². The number of aryl methyl sites for hydroxylation is 2. The molecular formula is C32H30I2N4O3. The third kappa shape index (κ3) is 8.30. The Morgan fingerprint density at radius 1 is 0.902 bits per heavy atom. The maximum absolute atomic E-state index is 13.1. The summed E-state index contributed by atoms with van der Waals surface area (Å²) in [6, 6.07) is 32.8. The fraction of sp³-hybridized carbons (Fsp3) is 0.125. The van der Waals surface area contributed by atoms with Crippen molar-refractivity contribution in [3.05, 3.63) is 131 Å². The van der Waals surface area contributed by atoms with Crippen molar-refractivity contribution >= 4 is 81.3 Å². The summed E-state index contributed by atoms with van der Waals surface area (Å²) >= 11 is 4.49. The molecule has 1 unspecified atom stereocenters. The van der Waals surface area contributed by atoms with E-state index >= 15 is 0 Å². The van der Waals surface area contributed by atoms with Crippen LogP contribution in [0.4, 0.5) is 11.4 Å². The molecule has 0 spiro atoms. The van der Waals surface area contributed by atoms with Gasteiger partial charge in [0.2, 0.25) is 0 Å². The van der Waals surface area contributed by atoms with E-state index in [4.69, 9.17) is 10.5 Å². The summed E-state index contributed by atoms with van der Waals surface area (Å²) in [6.07, 6.45) is -1.08. The van der Waals surface area contributed by atoms with Gasteiger partial charge in [-0.05, 0) is 43.2 Å². The molecule has 2 N–H and O–H groups in total. The van der Waals surface area contributed by atoms with Gasteiger partial charge in [0.25, 0.3) is 5.91 Å². The number of ketones is 1. The zero-order valence-electron chi connectivity index (χ0n) is 22.7. The van der Waals surface area contributed by atoms with E-state index in [9.17, 15) is 9.59 Å². The van der Waals surface area contributed by atoms with E-state index in [1.165, 1.54) is 16.2 Å². The van der Waals surface area contributed by atoms with Crippen molar-refractivity contribution in [3.8, 4) is 0 Å². The molecule has 5 rings (SSSR count). The number of rotatable bonds is 5. The number of carbonyl (C=O) groups excluding carboxylic acids is 3. The van der Waals surface area contributed by atoms with E-state index in [0.29, 0.717) is 17.0 Å². The van der Waals surface area contributed by atoms with E-state index in [2.05, 4.69) is 81.9 Å². The molecule has 1 amide bonds. The molecule has 7 nitrogen and oxygen atoms in total. The number of hydrogen-bond donors (Lipinski definition) is 1. The number of Topliss-reactive ketones (excluding diaryl/α,β-unsaturated/α-hetero) is 1. The number of nitrogens with zero attached hydrogens (tertiary/aromatic N) is 3. The molecule has 0 radical (unpaired) electrons. The number of aliphatic imine (C=N–C) groups is 1. The van der Waals surface area contributed by atoms with Gasteiger partial charge in [0.05, 0.1) is 69.4 Å². The first kappa shape index (κ1) is 32.1. The number of fused-ring (bicyclic) bond motifs is 1. The van der Waals surface area contributed by atoms with E-state index in [1.807, 2.05) is 87.8 Å². The molecule has 1 heterocycles. The molecule has 0 saturated heterocycles. The van der Waals surface area contributed by atoms with Crippen LogP contribution in [0.15, 0.2) is 108 Å². The van der Waals surface area contributed by atoms with E-state index < -0.39 is 12.1 Å². The molecule has 9 heteroatoms. The summed E-state index contributed by atoms with van der Waals surface area (Å²) < 4.78 is 2.04. The highest BCUT2D eigenvalue weighted by Gasteiger charge is 2.31. The molecule has 1 atom stereocenters. The molecule has 0 bridgehead atoms. The molecule has 1 aliphatic rings. The second-order valence-electron chi connectivity index (χ2n) is 9.04. The lowest BCUT2D eigenvalue weighted by Gasteiger charge is -2.24. The summed E-state index contributed by atoms with van der Waals surface area (Å²) in [7, 11) is 0. The number of anilines is 2. The highest BCUT2D eigenvalue weighted by molar-refractivity contribution is 14.2. The second kappa shape index (κ2) is 15.5. The second-order valence-corrected chi connectivity index (χ2v) is 12.8. The maximum atomic E-state index is 13.1. The highest BCUT2D eigenvalue weighted by Crippen LogP contribution is 2.28. The molecule has 41 heavy (non-hydrogen) atoms. The van der Waals surface area contributed by atoms with Crippen LogP contribution in [-0.2, 0) is 9.59 Å². The Kier molecular flexibility index (Phi) is 12.2. The zero-order chi connectivity index (χ0) is 29.9. The molecular weight excluding hydrogens is 742 g/mol. The fourth-order valence-corrected chi connectivity index (χ4v) is 4.89. The number of halogens is 2. The summed E-state index contributed by atoms with van der Waals surface area (Å²) in [5.74, 6) is -0.535. The lowest BCUT2D eigenvalue weighted by atomic mass is 9.99. The normalized spacial score (nSPS) is 13.8. The average Bonchev–Trinajstić information content (AvgIpc) is 3.09. The summed E-state index contributed by atoms with van der Waals surface area (Å²) in [4.78, 5) is 40.0. The number of nitrogens with two attached hydrogens (primary N) is 1. The van der Waals surface area contributed by atoms with Crippen molar-refractivity contribution in [2.45, 2.75) is 20.0 Å².